The van der Waals surface area contributed by atoms with Gasteiger partial charge in [0.05, 0.1) is 10.6 Å². The Balaban J connectivity index is 2.13. The molecule has 102 valence electrons. The summed E-state index contributed by atoms with van der Waals surface area (Å²) >= 11 is 5.94. The van der Waals surface area contributed by atoms with Gasteiger partial charge in [-0.2, -0.15) is 0 Å². The molecule has 2 aromatic carbocycles. The van der Waals surface area contributed by atoms with E-state index in [9.17, 15) is 9.59 Å². The van der Waals surface area contributed by atoms with Crippen LogP contribution in [0, 0.1) is 0 Å². The van der Waals surface area contributed by atoms with E-state index in [2.05, 4.69) is 5.32 Å². The normalized spacial score (nSPS) is 9.90. The Morgan fingerprint density at radius 1 is 0.950 bits per heavy atom. The molecule has 0 aliphatic heterocycles. The summed E-state index contributed by atoms with van der Waals surface area (Å²) in [6.07, 6.45) is 0. The molecule has 0 heterocycles. The molecule has 5 nitrogen and oxygen atoms in total. The minimum Gasteiger partial charge on any atom is -0.322 e. The zero-order valence-corrected chi connectivity index (χ0v) is 11.1. The third-order valence-electron chi connectivity index (χ3n) is 2.65. The van der Waals surface area contributed by atoms with Crippen molar-refractivity contribution in [2.45, 2.75) is 0 Å². The lowest BCUT2D eigenvalue weighted by atomic mass is 10.1. The van der Waals surface area contributed by atoms with Crippen molar-refractivity contribution in [1.29, 1.82) is 0 Å². The molecule has 4 N–H and O–H groups in total. The predicted molar refractivity (Wildman–Crippen MR) is 77.5 cm³/mol. The number of rotatable bonds is 3. The standard InChI is InChI=1S/C14H12ClN3O2/c15-12-4-2-1-3-11(12)14(20)17-10-7-5-9(6-8-10)13(19)18-16/h1-8H,16H2,(H,17,20)(H,18,19). The number of benzene rings is 2. The van der Waals surface area contributed by atoms with Gasteiger partial charge in [0.15, 0.2) is 0 Å². The summed E-state index contributed by atoms with van der Waals surface area (Å²) in [6, 6.07) is 13.1. The minimum absolute atomic E-state index is 0.313. The Morgan fingerprint density at radius 2 is 1.60 bits per heavy atom. The lowest BCUT2D eigenvalue weighted by molar-refractivity contribution is 0.0953. The van der Waals surface area contributed by atoms with E-state index in [1.165, 1.54) is 0 Å². The molecule has 0 radical (unpaired) electrons. The van der Waals surface area contributed by atoms with Gasteiger partial charge in [0.25, 0.3) is 11.8 Å². The summed E-state index contributed by atoms with van der Waals surface area (Å²) in [7, 11) is 0. The molecule has 0 fully saturated rings. The molecule has 6 heteroatoms. The van der Waals surface area contributed by atoms with Crippen LogP contribution in [0.25, 0.3) is 0 Å². The first-order valence-corrected chi connectivity index (χ1v) is 6.16. The number of nitrogens with one attached hydrogen (secondary N) is 2. The summed E-state index contributed by atoms with van der Waals surface area (Å²) in [5, 5.41) is 3.08. The molecular formula is C14H12ClN3O2. The van der Waals surface area contributed by atoms with Crippen molar-refractivity contribution in [3.8, 4) is 0 Å². The maximum absolute atomic E-state index is 12.0. The van der Waals surface area contributed by atoms with Gasteiger partial charge in [-0.1, -0.05) is 23.7 Å². The van der Waals surface area contributed by atoms with Gasteiger partial charge in [-0.3, -0.25) is 15.0 Å². The van der Waals surface area contributed by atoms with Gasteiger partial charge in [-0.05, 0) is 36.4 Å². The number of hydrogen-bond donors (Lipinski definition) is 3. The largest absolute Gasteiger partial charge is 0.322 e. The van der Waals surface area contributed by atoms with Crippen LogP contribution in [0.3, 0.4) is 0 Å². The maximum atomic E-state index is 12.0. The van der Waals surface area contributed by atoms with E-state index in [1.807, 2.05) is 5.43 Å². The third kappa shape index (κ3) is 3.14. The Hall–Kier alpha value is -2.37. The molecule has 0 spiro atoms. The molecular weight excluding hydrogens is 278 g/mol. The molecule has 0 aliphatic carbocycles. The monoisotopic (exact) mass is 289 g/mol. The summed E-state index contributed by atoms with van der Waals surface area (Å²) in [5.41, 5.74) is 3.38. The lowest BCUT2D eigenvalue weighted by Gasteiger charge is -2.07. The number of nitrogen functional groups attached to an aromatic ring is 1. The number of halogens is 1. The van der Waals surface area contributed by atoms with Crippen LogP contribution in [0.1, 0.15) is 20.7 Å². The van der Waals surface area contributed by atoms with Crippen LogP contribution in [-0.4, -0.2) is 11.8 Å². The highest BCUT2D eigenvalue weighted by Gasteiger charge is 2.10. The molecule has 2 rings (SSSR count). The van der Waals surface area contributed by atoms with Crippen LogP contribution in [0.5, 0.6) is 0 Å². The number of hydrogen-bond acceptors (Lipinski definition) is 3. The van der Waals surface area contributed by atoms with E-state index in [0.717, 1.165) is 0 Å². The highest BCUT2D eigenvalue weighted by molar-refractivity contribution is 6.34. The van der Waals surface area contributed by atoms with Crippen LogP contribution < -0.4 is 16.6 Å². The smallest absolute Gasteiger partial charge is 0.265 e. The van der Waals surface area contributed by atoms with Gasteiger partial charge in [-0.25, -0.2) is 5.84 Å². The van der Waals surface area contributed by atoms with Crippen molar-refractivity contribution in [3.63, 3.8) is 0 Å². The molecule has 0 atom stereocenters. The van der Waals surface area contributed by atoms with Crippen molar-refractivity contribution >= 4 is 29.1 Å². The van der Waals surface area contributed by atoms with Crippen molar-refractivity contribution in [1.82, 2.24) is 5.43 Å². The van der Waals surface area contributed by atoms with Gasteiger partial charge in [-0.15, -0.1) is 0 Å². The van der Waals surface area contributed by atoms with Crippen LogP contribution in [-0.2, 0) is 0 Å². The summed E-state index contributed by atoms with van der Waals surface area (Å²) in [6.45, 7) is 0. The number of anilines is 1. The molecule has 2 aromatic rings. The Bertz CT molecular complexity index is 641. The minimum atomic E-state index is -0.394. The summed E-state index contributed by atoms with van der Waals surface area (Å²) < 4.78 is 0. The topological polar surface area (TPSA) is 84.2 Å². The zero-order chi connectivity index (χ0) is 14.5. The van der Waals surface area contributed by atoms with Gasteiger partial charge in [0.2, 0.25) is 0 Å². The van der Waals surface area contributed by atoms with Crippen molar-refractivity contribution in [2.75, 3.05) is 5.32 Å². The fourth-order valence-electron chi connectivity index (χ4n) is 1.63. The van der Waals surface area contributed by atoms with Gasteiger partial charge in [0, 0.05) is 11.3 Å². The van der Waals surface area contributed by atoms with E-state index >= 15 is 0 Å². The Morgan fingerprint density at radius 3 is 2.20 bits per heavy atom. The zero-order valence-electron chi connectivity index (χ0n) is 10.4. The van der Waals surface area contributed by atoms with E-state index in [4.69, 9.17) is 17.4 Å². The fourth-order valence-corrected chi connectivity index (χ4v) is 1.85. The molecule has 20 heavy (non-hydrogen) atoms. The second-order valence-electron chi connectivity index (χ2n) is 3.98. The Kier molecular flexibility index (Phi) is 4.34. The molecule has 0 saturated carbocycles. The molecule has 0 unspecified atom stereocenters. The molecule has 2 amide bonds. The first-order chi connectivity index (χ1) is 9.61. The van der Waals surface area contributed by atoms with Gasteiger partial charge >= 0.3 is 0 Å². The second kappa shape index (κ2) is 6.18. The fraction of sp³-hybridized carbons (Fsp3) is 0. The highest BCUT2D eigenvalue weighted by Crippen LogP contribution is 2.17. The van der Waals surface area contributed by atoms with Crippen molar-refractivity contribution < 1.29 is 9.59 Å². The van der Waals surface area contributed by atoms with E-state index in [1.54, 1.807) is 48.5 Å². The quantitative estimate of drug-likeness (QED) is 0.460. The van der Waals surface area contributed by atoms with E-state index < -0.39 is 5.91 Å². The lowest BCUT2D eigenvalue weighted by Crippen LogP contribution is -2.29. The van der Waals surface area contributed by atoms with Crippen LogP contribution >= 0.6 is 11.6 Å². The highest BCUT2D eigenvalue weighted by atomic mass is 35.5. The SMILES string of the molecule is NNC(=O)c1ccc(NC(=O)c2ccccc2Cl)cc1. The predicted octanol–water partition coefficient (Wildman–Crippen LogP) is 2.20. The number of hydrazine groups is 1. The van der Waals surface area contributed by atoms with Crippen molar-refractivity contribution in [3.05, 3.63) is 64.7 Å². The molecule has 0 aliphatic rings. The van der Waals surface area contributed by atoms with E-state index in [-0.39, 0.29) is 5.91 Å². The number of carbonyl (C=O) groups is 2. The van der Waals surface area contributed by atoms with Gasteiger partial charge in [0.1, 0.15) is 0 Å². The molecule has 0 bridgehead atoms. The third-order valence-corrected chi connectivity index (χ3v) is 2.98. The summed E-state index contributed by atoms with van der Waals surface area (Å²) in [4.78, 5) is 23.3. The first kappa shape index (κ1) is 14.0. The maximum Gasteiger partial charge on any atom is 0.265 e. The van der Waals surface area contributed by atoms with Gasteiger partial charge < -0.3 is 5.32 Å². The number of amides is 2. The second-order valence-corrected chi connectivity index (χ2v) is 4.39. The van der Waals surface area contributed by atoms with Crippen molar-refractivity contribution in [2.24, 2.45) is 5.84 Å². The van der Waals surface area contributed by atoms with Crippen LogP contribution in [0.2, 0.25) is 5.02 Å². The number of nitrogens with two attached hydrogens (primary N) is 1. The summed E-state index contributed by atoms with van der Waals surface area (Å²) in [5.74, 6) is 4.32. The average molecular weight is 290 g/mol. The average Bonchev–Trinajstić information content (AvgIpc) is 2.47. The molecule has 0 saturated heterocycles. The Labute approximate surface area is 120 Å². The van der Waals surface area contributed by atoms with Crippen LogP contribution in [0.15, 0.2) is 48.5 Å². The van der Waals surface area contributed by atoms with Crippen LogP contribution in [0.4, 0.5) is 5.69 Å². The first-order valence-electron chi connectivity index (χ1n) is 5.78. The van der Waals surface area contributed by atoms with E-state index in [0.29, 0.717) is 21.8 Å². The number of carbonyl (C=O) groups excluding carboxylic acids is 2. The molecule has 0 aromatic heterocycles.